The second-order valence-corrected chi connectivity index (χ2v) is 5.23. The molecule has 0 radical (unpaired) electrons. The highest BCUT2D eigenvalue weighted by Gasteiger charge is 2.26. The maximum absolute atomic E-state index is 5.90. The van der Waals surface area contributed by atoms with Crippen LogP contribution >= 0.6 is 0 Å². The lowest BCUT2D eigenvalue weighted by molar-refractivity contribution is 0.328. The predicted molar refractivity (Wildman–Crippen MR) is 64.9 cm³/mol. The van der Waals surface area contributed by atoms with Gasteiger partial charge in [0.2, 0.25) is 0 Å². The van der Waals surface area contributed by atoms with Gasteiger partial charge in [-0.15, -0.1) is 0 Å². The second-order valence-electron chi connectivity index (χ2n) is 5.23. The number of anilines is 2. The van der Waals surface area contributed by atoms with Gasteiger partial charge in [-0.25, -0.2) is 0 Å². The number of rotatable bonds is 2. The zero-order valence-electron chi connectivity index (χ0n) is 10.6. The van der Waals surface area contributed by atoms with Crippen LogP contribution in [0, 0.1) is 5.41 Å². The molecule has 0 aromatic carbocycles. The van der Waals surface area contributed by atoms with Crippen molar-refractivity contribution >= 4 is 11.5 Å². The van der Waals surface area contributed by atoms with Gasteiger partial charge in [0.05, 0.1) is 5.69 Å². The molecule has 1 atom stereocenters. The molecule has 1 unspecified atom stereocenters. The van der Waals surface area contributed by atoms with E-state index in [0.717, 1.165) is 11.5 Å². The van der Waals surface area contributed by atoms with Crippen molar-refractivity contribution in [3.05, 3.63) is 6.20 Å². The first kappa shape index (κ1) is 11.9. The summed E-state index contributed by atoms with van der Waals surface area (Å²) in [7, 11) is 3.92. The summed E-state index contributed by atoms with van der Waals surface area (Å²) in [5.74, 6) is 0.861. The lowest BCUT2D eigenvalue weighted by Crippen LogP contribution is -2.39. The number of hydrogen-bond donors (Lipinski definition) is 1. The lowest BCUT2D eigenvalue weighted by Gasteiger charge is -2.35. The van der Waals surface area contributed by atoms with E-state index in [0.29, 0.717) is 6.04 Å². The van der Waals surface area contributed by atoms with Crippen LogP contribution in [0.3, 0.4) is 0 Å². The highest BCUT2D eigenvalue weighted by molar-refractivity contribution is 5.61. The topological polar surface area (TPSA) is 47.1 Å². The highest BCUT2D eigenvalue weighted by atomic mass is 15.3. The van der Waals surface area contributed by atoms with Crippen LogP contribution < -0.4 is 10.6 Å². The number of hydrogen-bond acceptors (Lipinski definition) is 3. The minimum Gasteiger partial charge on any atom is -0.394 e. The van der Waals surface area contributed by atoms with Gasteiger partial charge in [0.15, 0.2) is 5.82 Å². The van der Waals surface area contributed by atoms with E-state index in [4.69, 9.17) is 5.73 Å². The molecule has 1 rings (SSSR count). The molecule has 1 heterocycles. The summed E-state index contributed by atoms with van der Waals surface area (Å²) in [6.45, 7) is 8.84. The van der Waals surface area contributed by atoms with E-state index in [1.54, 1.807) is 4.68 Å². The van der Waals surface area contributed by atoms with Crippen molar-refractivity contribution in [1.82, 2.24) is 9.78 Å². The van der Waals surface area contributed by atoms with Crippen LogP contribution in [0.15, 0.2) is 6.20 Å². The van der Waals surface area contributed by atoms with Crippen LogP contribution in [0.5, 0.6) is 0 Å². The van der Waals surface area contributed by atoms with Gasteiger partial charge in [0.25, 0.3) is 0 Å². The third kappa shape index (κ3) is 2.43. The molecule has 0 aliphatic heterocycles. The normalized spacial score (nSPS) is 14.0. The van der Waals surface area contributed by atoms with Crippen molar-refractivity contribution in [3.8, 4) is 0 Å². The molecule has 4 nitrogen and oxygen atoms in total. The first-order chi connectivity index (χ1) is 6.73. The molecule has 0 saturated carbocycles. The van der Waals surface area contributed by atoms with E-state index >= 15 is 0 Å². The molecular formula is C11H22N4. The number of nitrogens with zero attached hydrogens (tertiary/aromatic N) is 3. The smallest absolute Gasteiger partial charge is 0.173 e. The minimum absolute atomic E-state index is 0.207. The van der Waals surface area contributed by atoms with Crippen LogP contribution in [0.2, 0.25) is 0 Å². The fraction of sp³-hybridized carbons (Fsp3) is 0.727. The molecule has 4 heteroatoms. The molecule has 0 aliphatic rings. The van der Waals surface area contributed by atoms with Gasteiger partial charge in [0.1, 0.15) is 0 Å². The van der Waals surface area contributed by atoms with Crippen molar-refractivity contribution in [2.45, 2.75) is 33.7 Å². The van der Waals surface area contributed by atoms with Crippen LogP contribution in [0.4, 0.5) is 11.5 Å². The molecule has 1 aromatic heterocycles. The third-order valence-corrected chi connectivity index (χ3v) is 3.00. The summed E-state index contributed by atoms with van der Waals surface area (Å²) >= 11 is 0. The van der Waals surface area contributed by atoms with Crippen molar-refractivity contribution in [2.24, 2.45) is 12.5 Å². The largest absolute Gasteiger partial charge is 0.394 e. The Morgan fingerprint density at radius 3 is 2.33 bits per heavy atom. The van der Waals surface area contributed by atoms with E-state index in [2.05, 4.69) is 37.7 Å². The Bertz CT molecular complexity index is 335. The standard InChI is InChI=1S/C11H22N4/c1-8(11(2,3)4)15(6)10-9(12)7-14(5)13-10/h7-8H,12H2,1-6H3. The highest BCUT2D eigenvalue weighted by Crippen LogP contribution is 2.29. The van der Waals surface area contributed by atoms with Crippen molar-refractivity contribution in [1.29, 1.82) is 0 Å². The summed E-state index contributed by atoms with van der Waals surface area (Å²) in [6.07, 6.45) is 1.83. The molecule has 0 amide bonds. The Balaban J connectivity index is 2.94. The van der Waals surface area contributed by atoms with E-state index in [-0.39, 0.29) is 5.41 Å². The quantitative estimate of drug-likeness (QED) is 0.810. The van der Waals surface area contributed by atoms with Gasteiger partial charge in [-0.1, -0.05) is 20.8 Å². The Morgan fingerprint density at radius 2 is 2.00 bits per heavy atom. The molecule has 2 N–H and O–H groups in total. The Kier molecular flexibility index (Phi) is 2.98. The van der Waals surface area contributed by atoms with E-state index in [1.165, 1.54) is 0 Å². The fourth-order valence-corrected chi connectivity index (χ4v) is 1.53. The monoisotopic (exact) mass is 210 g/mol. The Hall–Kier alpha value is -1.19. The first-order valence-electron chi connectivity index (χ1n) is 5.25. The van der Waals surface area contributed by atoms with Crippen LogP contribution in [0.1, 0.15) is 27.7 Å². The summed E-state index contributed by atoms with van der Waals surface area (Å²) in [6, 6.07) is 0.384. The van der Waals surface area contributed by atoms with Gasteiger partial charge < -0.3 is 10.6 Å². The molecule has 15 heavy (non-hydrogen) atoms. The van der Waals surface area contributed by atoms with E-state index in [1.807, 2.05) is 20.3 Å². The van der Waals surface area contributed by atoms with Gasteiger partial charge in [0, 0.05) is 26.3 Å². The van der Waals surface area contributed by atoms with Crippen molar-refractivity contribution in [2.75, 3.05) is 17.7 Å². The molecule has 0 aliphatic carbocycles. The summed E-state index contributed by atoms with van der Waals surface area (Å²) in [4.78, 5) is 2.13. The van der Waals surface area contributed by atoms with Gasteiger partial charge in [-0.2, -0.15) is 5.10 Å². The third-order valence-electron chi connectivity index (χ3n) is 3.00. The predicted octanol–water partition coefficient (Wildman–Crippen LogP) is 1.87. The average Bonchev–Trinajstić information content (AvgIpc) is 2.41. The molecule has 0 bridgehead atoms. The number of nitrogens with two attached hydrogens (primary N) is 1. The zero-order chi connectivity index (χ0) is 11.8. The van der Waals surface area contributed by atoms with Crippen LogP contribution in [-0.4, -0.2) is 22.9 Å². The van der Waals surface area contributed by atoms with Crippen LogP contribution in [-0.2, 0) is 7.05 Å². The summed E-state index contributed by atoms with van der Waals surface area (Å²) in [5.41, 5.74) is 6.84. The lowest BCUT2D eigenvalue weighted by atomic mass is 9.87. The van der Waals surface area contributed by atoms with Crippen molar-refractivity contribution < 1.29 is 0 Å². The average molecular weight is 210 g/mol. The van der Waals surface area contributed by atoms with Gasteiger partial charge in [-0.3, -0.25) is 4.68 Å². The van der Waals surface area contributed by atoms with Crippen molar-refractivity contribution in [3.63, 3.8) is 0 Å². The van der Waals surface area contributed by atoms with Gasteiger partial charge >= 0.3 is 0 Å². The number of aromatic nitrogens is 2. The van der Waals surface area contributed by atoms with E-state index < -0.39 is 0 Å². The Labute approximate surface area is 92.1 Å². The molecule has 0 saturated heterocycles. The maximum atomic E-state index is 5.90. The number of nitrogen functional groups attached to an aromatic ring is 1. The first-order valence-corrected chi connectivity index (χ1v) is 5.25. The molecule has 86 valence electrons. The zero-order valence-corrected chi connectivity index (χ0v) is 10.6. The van der Waals surface area contributed by atoms with Gasteiger partial charge in [-0.05, 0) is 12.3 Å². The summed E-state index contributed by atoms with van der Waals surface area (Å²) < 4.78 is 1.75. The second kappa shape index (κ2) is 3.76. The number of aryl methyl sites for hydroxylation is 1. The maximum Gasteiger partial charge on any atom is 0.173 e. The minimum atomic E-state index is 0.207. The molecular weight excluding hydrogens is 188 g/mol. The van der Waals surface area contributed by atoms with Crippen LogP contribution in [0.25, 0.3) is 0 Å². The fourth-order valence-electron chi connectivity index (χ4n) is 1.53. The van der Waals surface area contributed by atoms with E-state index in [9.17, 15) is 0 Å². The SMILES string of the molecule is CC(N(C)c1nn(C)cc1N)C(C)(C)C. The molecule has 1 aromatic rings. The molecule has 0 spiro atoms. The molecule has 0 fully saturated rings. The Morgan fingerprint density at radius 1 is 1.47 bits per heavy atom. The summed E-state index contributed by atoms with van der Waals surface area (Å²) in [5, 5.41) is 4.36.